The van der Waals surface area contributed by atoms with E-state index in [0.717, 1.165) is 4.47 Å². The van der Waals surface area contributed by atoms with Crippen LogP contribution in [0.25, 0.3) is 0 Å². The average molecular weight is 351 g/mol. The number of hydrogen-bond donors (Lipinski definition) is 1. The van der Waals surface area contributed by atoms with Crippen LogP contribution < -0.4 is 5.32 Å². The topological polar surface area (TPSA) is 55.4 Å². The lowest BCUT2D eigenvalue weighted by Gasteiger charge is -2.06. The molecule has 0 aliphatic heterocycles. The molecule has 0 aliphatic rings. The van der Waals surface area contributed by atoms with Gasteiger partial charge >= 0.3 is 5.97 Å². The number of carbonyl (C=O) groups excluding carboxylic acids is 2. The van der Waals surface area contributed by atoms with E-state index in [2.05, 4.69) is 41.9 Å². The molecule has 6 heteroatoms. The van der Waals surface area contributed by atoms with Gasteiger partial charge < -0.3 is 10.1 Å². The Morgan fingerprint density at radius 3 is 2.69 bits per heavy atom. The summed E-state index contributed by atoms with van der Waals surface area (Å²) in [5.74, 6) is -0.821. The minimum absolute atomic E-state index is 0.145. The van der Waals surface area contributed by atoms with Crippen molar-refractivity contribution >= 4 is 43.7 Å². The van der Waals surface area contributed by atoms with Crippen LogP contribution in [0.5, 0.6) is 0 Å². The van der Waals surface area contributed by atoms with Crippen LogP contribution >= 0.6 is 31.9 Å². The van der Waals surface area contributed by atoms with Crippen LogP contribution in [0.15, 0.2) is 27.1 Å². The fourth-order valence-electron chi connectivity index (χ4n) is 0.991. The number of halogens is 2. The molecule has 16 heavy (non-hydrogen) atoms. The fourth-order valence-corrected chi connectivity index (χ4v) is 1.78. The normalized spacial score (nSPS) is 9.69. The molecule has 86 valence electrons. The van der Waals surface area contributed by atoms with Crippen LogP contribution in [-0.2, 0) is 9.53 Å². The summed E-state index contributed by atoms with van der Waals surface area (Å²) >= 11 is 6.52. The molecular weight excluding hydrogens is 342 g/mol. The van der Waals surface area contributed by atoms with Crippen molar-refractivity contribution in [1.29, 1.82) is 0 Å². The van der Waals surface area contributed by atoms with Crippen molar-refractivity contribution < 1.29 is 14.3 Å². The molecule has 1 rings (SSSR count). The van der Waals surface area contributed by atoms with Crippen molar-refractivity contribution in [2.24, 2.45) is 0 Å². The first-order valence-electron chi connectivity index (χ1n) is 4.34. The molecule has 0 aliphatic carbocycles. The number of nitrogens with one attached hydrogen (secondary N) is 1. The number of amides is 1. The van der Waals surface area contributed by atoms with Crippen LogP contribution in [0.1, 0.15) is 10.4 Å². The standard InChI is InChI=1S/C10H9Br2NO3/c1-16-9(14)5-13-10(15)7-4-6(11)2-3-8(7)12/h2-4H,5H2,1H3,(H,13,15). The zero-order valence-electron chi connectivity index (χ0n) is 8.42. The molecule has 0 bridgehead atoms. The van der Waals surface area contributed by atoms with E-state index in [1.54, 1.807) is 18.2 Å². The van der Waals surface area contributed by atoms with Gasteiger partial charge in [-0.15, -0.1) is 0 Å². The number of rotatable bonds is 3. The van der Waals surface area contributed by atoms with Gasteiger partial charge in [-0.3, -0.25) is 9.59 Å². The molecule has 0 radical (unpaired) electrons. The van der Waals surface area contributed by atoms with E-state index >= 15 is 0 Å². The molecule has 1 amide bonds. The third kappa shape index (κ3) is 3.61. The van der Waals surface area contributed by atoms with Gasteiger partial charge in [0.1, 0.15) is 6.54 Å². The number of methoxy groups -OCH3 is 1. The predicted molar refractivity (Wildman–Crippen MR) is 66.2 cm³/mol. The number of hydrogen-bond acceptors (Lipinski definition) is 3. The molecule has 0 unspecified atom stereocenters. The predicted octanol–water partition coefficient (Wildman–Crippen LogP) is 2.11. The van der Waals surface area contributed by atoms with Gasteiger partial charge in [0, 0.05) is 8.95 Å². The smallest absolute Gasteiger partial charge is 0.325 e. The Balaban J connectivity index is 2.73. The summed E-state index contributed by atoms with van der Waals surface area (Å²) in [5.41, 5.74) is 0.457. The van der Waals surface area contributed by atoms with E-state index < -0.39 is 5.97 Å². The van der Waals surface area contributed by atoms with Gasteiger partial charge in [-0.2, -0.15) is 0 Å². The maximum absolute atomic E-state index is 11.7. The zero-order chi connectivity index (χ0) is 12.1. The number of ether oxygens (including phenoxy) is 1. The lowest BCUT2D eigenvalue weighted by atomic mass is 10.2. The SMILES string of the molecule is COC(=O)CNC(=O)c1cc(Br)ccc1Br. The van der Waals surface area contributed by atoms with Crippen molar-refractivity contribution in [3.63, 3.8) is 0 Å². The number of carbonyl (C=O) groups is 2. The molecule has 0 saturated heterocycles. The number of esters is 1. The molecule has 4 nitrogen and oxygen atoms in total. The second-order valence-electron chi connectivity index (χ2n) is 2.88. The quantitative estimate of drug-likeness (QED) is 0.849. The van der Waals surface area contributed by atoms with Gasteiger partial charge in [0.2, 0.25) is 0 Å². The highest BCUT2D eigenvalue weighted by atomic mass is 79.9. The zero-order valence-corrected chi connectivity index (χ0v) is 11.6. The third-order valence-electron chi connectivity index (χ3n) is 1.79. The van der Waals surface area contributed by atoms with Gasteiger partial charge in [0.25, 0.3) is 5.91 Å². The van der Waals surface area contributed by atoms with Crippen molar-refractivity contribution in [3.05, 3.63) is 32.7 Å². The summed E-state index contributed by atoms with van der Waals surface area (Å²) in [6, 6.07) is 5.22. The van der Waals surface area contributed by atoms with Gasteiger partial charge in [0.05, 0.1) is 12.7 Å². The molecule has 0 heterocycles. The molecule has 0 saturated carbocycles. The highest BCUT2D eigenvalue weighted by Crippen LogP contribution is 2.21. The van der Waals surface area contributed by atoms with Gasteiger partial charge in [-0.25, -0.2) is 0 Å². The molecule has 0 atom stereocenters. The maximum Gasteiger partial charge on any atom is 0.325 e. The van der Waals surface area contributed by atoms with E-state index in [9.17, 15) is 9.59 Å². The van der Waals surface area contributed by atoms with Crippen LogP contribution in [0, 0.1) is 0 Å². The van der Waals surface area contributed by atoms with E-state index in [1.165, 1.54) is 7.11 Å². The fraction of sp³-hybridized carbons (Fsp3) is 0.200. The third-order valence-corrected chi connectivity index (χ3v) is 2.98. The Labute approximate surface area is 110 Å². The van der Waals surface area contributed by atoms with Gasteiger partial charge in [-0.05, 0) is 34.1 Å². The monoisotopic (exact) mass is 349 g/mol. The Kier molecular flexibility index (Phi) is 4.95. The van der Waals surface area contributed by atoms with Crippen LogP contribution in [0.2, 0.25) is 0 Å². The van der Waals surface area contributed by atoms with Crippen molar-refractivity contribution in [3.8, 4) is 0 Å². The van der Waals surface area contributed by atoms with E-state index in [4.69, 9.17) is 0 Å². The maximum atomic E-state index is 11.7. The molecule has 1 N–H and O–H groups in total. The van der Waals surface area contributed by atoms with Crippen molar-refractivity contribution in [2.75, 3.05) is 13.7 Å². The highest BCUT2D eigenvalue weighted by Gasteiger charge is 2.11. The van der Waals surface area contributed by atoms with Crippen LogP contribution in [0.4, 0.5) is 0 Å². The summed E-state index contributed by atoms with van der Waals surface area (Å²) in [6.45, 7) is -0.145. The Morgan fingerprint density at radius 2 is 2.06 bits per heavy atom. The second kappa shape index (κ2) is 6.00. The summed E-state index contributed by atoms with van der Waals surface area (Å²) in [6.07, 6.45) is 0. The Hall–Kier alpha value is -0.880. The van der Waals surface area contributed by atoms with Gasteiger partial charge in [0.15, 0.2) is 0 Å². The second-order valence-corrected chi connectivity index (χ2v) is 4.65. The number of benzene rings is 1. The molecule has 1 aromatic carbocycles. The highest BCUT2D eigenvalue weighted by molar-refractivity contribution is 9.11. The average Bonchev–Trinajstić information content (AvgIpc) is 2.28. The minimum Gasteiger partial charge on any atom is -0.468 e. The first-order chi connectivity index (χ1) is 7.54. The molecular formula is C10H9Br2NO3. The lowest BCUT2D eigenvalue weighted by Crippen LogP contribution is -2.30. The van der Waals surface area contributed by atoms with Crippen LogP contribution in [-0.4, -0.2) is 25.5 Å². The Morgan fingerprint density at radius 1 is 1.38 bits per heavy atom. The van der Waals surface area contributed by atoms with Gasteiger partial charge in [-0.1, -0.05) is 15.9 Å². The Bertz CT molecular complexity index is 421. The summed E-state index contributed by atoms with van der Waals surface area (Å²) in [4.78, 5) is 22.5. The molecule has 0 fully saturated rings. The molecule has 0 aromatic heterocycles. The molecule has 0 spiro atoms. The first kappa shape index (κ1) is 13.2. The summed E-state index contributed by atoms with van der Waals surface area (Å²) in [5, 5.41) is 2.45. The minimum atomic E-state index is -0.487. The molecule has 1 aromatic rings. The first-order valence-corrected chi connectivity index (χ1v) is 5.93. The van der Waals surface area contributed by atoms with E-state index in [1.807, 2.05) is 0 Å². The van der Waals surface area contributed by atoms with Crippen molar-refractivity contribution in [1.82, 2.24) is 5.32 Å². The van der Waals surface area contributed by atoms with E-state index in [0.29, 0.717) is 10.0 Å². The van der Waals surface area contributed by atoms with E-state index in [-0.39, 0.29) is 12.5 Å². The van der Waals surface area contributed by atoms with Crippen molar-refractivity contribution in [2.45, 2.75) is 0 Å². The largest absolute Gasteiger partial charge is 0.468 e. The summed E-state index contributed by atoms with van der Waals surface area (Å²) in [7, 11) is 1.27. The lowest BCUT2D eigenvalue weighted by molar-refractivity contribution is -0.139. The van der Waals surface area contributed by atoms with Crippen LogP contribution in [0.3, 0.4) is 0 Å². The summed E-state index contributed by atoms with van der Waals surface area (Å²) < 4.78 is 5.87.